The number of halogens is 1. The van der Waals surface area contributed by atoms with E-state index in [0.717, 1.165) is 15.7 Å². The highest BCUT2D eigenvalue weighted by atomic mass is 79.9. The highest BCUT2D eigenvalue weighted by Crippen LogP contribution is 2.11. The maximum Gasteiger partial charge on any atom is 0.156 e. The molecule has 0 amide bonds. The van der Waals surface area contributed by atoms with E-state index in [1.807, 2.05) is 54.6 Å². The molecule has 0 fully saturated rings. The summed E-state index contributed by atoms with van der Waals surface area (Å²) in [6.07, 6.45) is 0.465. The van der Waals surface area contributed by atoms with E-state index in [0.29, 0.717) is 13.0 Å². The van der Waals surface area contributed by atoms with Crippen molar-refractivity contribution in [2.45, 2.75) is 6.42 Å². The van der Waals surface area contributed by atoms with Gasteiger partial charge in [0.25, 0.3) is 0 Å². The molecule has 0 aliphatic heterocycles. The average Bonchev–Trinajstić information content (AvgIpc) is 2.40. The van der Waals surface area contributed by atoms with Gasteiger partial charge in [0.1, 0.15) is 0 Å². The van der Waals surface area contributed by atoms with Crippen LogP contribution in [0, 0.1) is 0 Å². The van der Waals surface area contributed by atoms with Crippen LogP contribution in [0.15, 0.2) is 59.1 Å². The Bertz CT molecular complexity index is 508. The van der Waals surface area contributed by atoms with E-state index in [4.69, 9.17) is 0 Å². The molecule has 0 aromatic heterocycles. The molecule has 2 nitrogen and oxygen atoms in total. The van der Waals surface area contributed by atoms with E-state index < -0.39 is 0 Å². The molecular weight excluding hydrogens is 290 g/mol. The van der Waals surface area contributed by atoms with Crippen LogP contribution in [0.5, 0.6) is 0 Å². The molecule has 0 saturated heterocycles. The Hall–Kier alpha value is -1.61. The monoisotopic (exact) mass is 303 g/mol. The van der Waals surface area contributed by atoms with Gasteiger partial charge in [0.05, 0.1) is 6.54 Å². The van der Waals surface area contributed by atoms with Crippen LogP contribution in [0.4, 0.5) is 5.69 Å². The molecule has 2 aromatic carbocycles. The number of para-hydroxylation sites is 1. The van der Waals surface area contributed by atoms with E-state index in [2.05, 4.69) is 21.2 Å². The van der Waals surface area contributed by atoms with Crippen molar-refractivity contribution in [1.82, 2.24) is 0 Å². The first-order valence-electron chi connectivity index (χ1n) is 5.79. The third kappa shape index (κ3) is 4.00. The minimum Gasteiger partial charge on any atom is -0.378 e. The lowest BCUT2D eigenvalue weighted by molar-refractivity contribution is -0.116. The summed E-state index contributed by atoms with van der Waals surface area (Å²) in [5.74, 6) is 0.182. The van der Waals surface area contributed by atoms with E-state index in [1.54, 1.807) is 0 Å². The Labute approximate surface area is 115 Å². The highest BCUT2D eigenvalue weighted by molar-refractivity contribution is 9.10. The standard InChI is InChI=1S/C15H14BrNO/c16-13-8-6-12(7-9-13)10-15(18)11-17-14-4-2-1-3-5-14/h1-9,17H,10-11H2. The maximum atomic E-state index is 11.8. The van der Waals surface area contributed by atoms with Gasteiger partial charge in [-0.05, 0) is 29.8 Å². The summed E-state index contributed by atoms with van der Waals surface area (Å²) in [4.78, 5) is 11.8. The largest absolute Gasteiger partial charge is 0.378 e. The summed E-state index contributed by atoms with van der Waals surface area (Å²) in [6, 6.07) is 17.6. The summed E-state index contributed by atoms with van der Waals surface area (Å²) >= 11 is 3.38. The van der Waals surface area contributed by atoms with Gasteiger partial charge in [0.15, 0.2) is 5.78 Å². The zero-order valence-electron chi connectivity index (χ0n) is 9.90. The lowest BCUT2D eigenvalue weighted by Gasteiger charge is -2.05. The molecule has 1 N–H and O–H groups in total. The molecule has 0 radical (unpaired) electrons. The molecule has 3 heteroatoms. The van der Waals surface area contributed by atoms with Gasteiger partial charge in [0.2, 0.25) is 0 Å². The minimum absolute atomic E-state index is 0.182. The summed E-state index contributed by atoms with van der Waals surface area (Å²) in [5.41, 5.74) is 2.01. The molecule has 18 heavy (non-hydrogen) atoms. The van der Waals surface area contributed by atoms with Gasteiger partial charge in [-0.25, -0.2) is 0 Å². The fourth-order valence-electron chi connectivity index (χ4n) is 1.65. The van der Waals surface area contributed by atoms with Crippen molar-refractivity contribution in [1.29, 1.82) is 0 Å². The van der Waals surface area contributed by atoms with Gasteiger partial charge in [-0.3, -0.25) is 4.79 Å². The van der Waals surface area contributed by atoms with Crippen LogP contribution in [0.3, 0.4) is 0 Å². The zero-order valence-corrected chi connectivity index (χ0v) is 11.5. The number of benzene rings is 2. The van der Waals surface area contributed by atoms with Gasteiger partial charge in [-0.1, -0.05) is 46.3 Å². The van der Waals surface area contributed by atoms with Crippen molar-refractivity contribution >= 4 is 27.4 Å². The first kappa shape index (κ1) is 12.8. The number of rotatable bonds is 5. The van der Waals surface area contributed by atoms with Crippen molar-refractivity contribution in [2.24, 2.45) is 0 Å². The number of ketones is 1. The fraction of sp³-hybridized carbons (Fsp3) is 0.133. The molecule has 0 aliphatic rings. The molecule has 2 aromatic rings. The molecule has 0 bridgehead atoms. The number of nitrogens with one attached hydrogen (secondary N) is 1. The number of anilines is 1. The van der Waals surface area contributed by atoms with E-state index in [1.165, 1.54) is 0 Å². The summed E-state index contributed by atoms with van der Waals surface area (Å²) in [7, 11) is 0. The predicted molar refractivity (Wildman–Crippen MR) is 77.8 cm³/mol. The topological polar surface area (TPSA) is 29.1 Å². The van der Waals surface area contributed by atoms with Gasteiger partial charge in [-0.15, -0.1) is 0 Å². The lowest BCUT2D eigenvalue weighted by Crippen LogP contribution is -2.15. The van der Waals surface area contributed by atoms with E-state index in [-0.39, 0.29) is 5.78 Å². The van der Waals surface area contributed by atoms with Crippen LogP contribution in [-0.2, 0) is 11.2 Å². The summed E-state index contributed by atoms with van der Waals surface area (Å²) in [6.45, 7) is 0.361. The number of Topliss-reactive ketones (excluding diaryl/α,β-unsaturated/α-hetero) is 1. The van der Waals surface area contributed by atoms with E-state index in [9.17, 15) is 4.79 Å². The van der Waals surface area contributed by atoms with Crippen LogP contribution in [-0.4, -0.2) is 12.3 Å². The van der Waals surface area contributed by atoms with Crippen LogP contribution >= 0.6 is 15.9 Å². The maximum absolute atomic E-state index is 11.8. The van der Waals surface area contributed by atoms with E-state index >= 15 is 0 Å². The Balaban J connectivity index is 1.84. The third-order valence-electron chi connectivity index (χ3n) is 2.58. The van der Waals surface area contributed by atoms with Gasteiger partial charge in [-0.2, -0.15) is 0 Å². The fourth-order valence-corrected chi connectivity index (χ4v) is 1.91. The first-order valence-corrected chi connectivity index (χ1v) is 6.58. The summed E-state index contributed by atoms with van der Waals surface area (Å²) < 4.78 is 1.03. The predicted octanol–water partition coefficient (Wildman–Crippen LogP) is 3.67. The molecule has 0 unspecified atom stereocenters. The highest BCUT2D eigenvalue weighted by Gasteiger charge is 2.03. The molecule has 0 aliphatic carbocycles. The molecule has 0 saturated carbocycles. The average molecular weight is 304 g/mol. The van der Waals surface area contributed by atoms with Crippen LogP contribution < -0.4 is 5.32 Å². The Morgan fingerprint density at radius 2 is 1.67 bits per heavy atom. The van der Waals surface area contributed by atoms with Crippen molar-refractivity contribution in [2.75, 3.05) is 11.9 Å². The van der Waals surface area contributed by atoms with Gasteiger partial charge in [0, 0.05) is 16.6 Å². The molecular formula is C15H14BrNO. The molecule has 0 heterocycles. The normalized spacial score (nSPS) is 10.1. The van der Waals surface area contributed by atoms with Crippen LogP contribution in [0.2, 0.25) is 0 Å². The molecule has 0 atom stereocenters. The van der Waals surface area contributed by atoms with Crippen molar-refractivity contribution < 1.29 is 4.79 Å². The number of hydrogen-bond donors (Lipinski definition) is 1. The summed E-state index contributed by atoms with van der Waals surface area (Å²) in [5, 5.41) is 3.12. The SMILES string of the molecule is O=C(CNc1ccccc1)Cc1ccc(Br)cc1. The molecule has 2 rings (SSSR count). The second-order valence-electron chi connectivity index (χ2n) is 4.06. The van der Waals surface area contributed by atoms with Gasteiger partial charge >= 0.3 is 0 Å². The third-order valence-corrected chi connectivity index (χ3v) is 3.11. The Morgan fingerprint density at radius 1 is 1.00 bits per heavy atom. The Kier molecular flexibility index (Phi) is 4.53. The molecule has 92 valence electrons. The lowest BCUT2D eigenvalue weighted by atomic mass is 10.1. The second kappa shape index (κ2) is 6.36. The van der Waals surface area contributed by atoms with Crippen LogP contribution in [0.1, 0.15) is 5.56 Å². The number of carbonyl (C=O) groups is 1. The van der Waals surface area contributed by atoms with Crippen molar-refractivity contribution in [3.63, 3.8) is 0 Å². The second-order valence-corrected chi connectivity index (χ2v) is 4.98. The quantitative estimate of drug-likeness (QED) is 0.913. The smallest absolute Gasteiger partial charge is 0.156 e. The minimum atomic E-state index is 0.182. The number of hydrogen-bond acceptors (Lipinski definition) is 2. The van der Waals surface area contributed by atoms with Gasteiger partial charge < -0.3 is 5.32 Å². The Morgan fingerprint density at radius 3 is 2.33 bits per heavy atom. The van der Waals surface area contributed by atoms with Crippen molar-refractivity contribution in [3.8, 4) is 0 Å². The molecule has 0 spiro atoms. The van der Waals surface area contributed by atoms with Crippen LogP contribution in [0.25, 0.3) is 0 Å². The van der Waals surface area contributed by atoms with Crippen molar-refractivity contribution in [3.05, 3.63) is 64.6 Å². The number of carbonyl (C=O) groups excluding carboxylic acids is 1. The zero-order chi connectivity index (χ0) is 12.8. The first-order chi connectivity index (χ1) is 8.74.